The largest absolute Gasteiger partial charge is 0.439 e. The van der Waals surface area contributed by atoms with Gasteiger partial charge in [0.15, 0.2) is 11.4 Å². The number of amides is 1. The van der Waals surface area contributed by atoms with Crippen LogP contribution < -0.4 is 5.32 Å². The molecule has 0 atom stereocenters. The summed E-state index contributed by atoms with van der Waals surface area (Å²) in [5.74, 6) is 0.869. The normalized spacial score (nSPS) is 11.3. The van der Waals surface area contributed by atoms with Gasteiger partial charge in [-0.2, -0.15) is 5.10 Å². The van der Waals surface area contributed by atoms with Gasteiger partial charge in [-0.25, -0.2) is 14.6 Å². The first-order chi connectivity index (χ1) is 16.5. The molecule has 0 aliphatic heterocycles. The molecule has 7 nitrogen and oxygen atoms in total. The summed E-state index contributed by atoms with van der Waals surface area (Å²) in [7, 11) is 0. The molecule has 34 heavy (non-hydrogen) atoms. The summed E-state index contributed by atoms with van der Waals surface area (Å²) in [6.45, 7) is 6.30. The summed E-state index contributed by atoms with van der Waals surface area (Å²) in [4.78, 5) is 22.4. The quantitative estimate of drug-likeness (QED) is 0.365. The van der Waals surface area contributed by atoms with Crippen LogP contribution in [0, 0.1) is 6.92 Å². The molecule has 0 bridgehead atoms. The number of fused-ring (bicyclic) bond motifs is 1. The average molecular weight is 452 g/mol. The molecule has 0 spiro atoms. The molecule has 170 valence electrons. The topological polar surface area (TPSA) is 85.8 Å². The molecule has 2 aromatic carbocycles. The Hall–Kier alpha value is -4.26. The van der Waals surface area contributed by atoms with E-state index in [0.717, 1.165) is 22.4 Å². The first kappa shape index (κ1) is 21.6. The Morgan fingerprint density at radius 3 is 2.53 bits per heavy atom. The number of aryl methyl sites for hydroxylation is 1. The molecule has 0 unspecified atom stereocenters. The average Bonchev–Trinajstić information content (AvgIpc) is 3.50. The summed E-state index contributed by atoms with van der Waals surface area (Å²) >= 11 is 0. The summed E-state index contributed by atoms with van der Waals surface area (Å²) in [5.41, 5.74) is 4.96. The smallest absolute Gasteiger partial charge is 0.252 e. The zero-order valence-corrected chi connectivity index (χ0v) is 19.3. The van der Waals surface area contributed by atoms with Crippen LogP contribution in [0.25, 0.3) is 33.6 Å². The van der Waals surface area contributed by atoms with Gasteiger partial charge in [-0.1, -0.05) is 60.2 Å². The lowest BCUT2D eigenvalue weighted by Crippen LogP contribution is -2.23. The second kappa shape index (κ2) is 8.94. The van der Waals surface area contributed by atoms with Crippen molar-refractivity contribution in [1.82, 2.24) is 25.1 Å². The predicted molar refractivity (Wildman–Crippen MR) is 131 cm³/mol. The van der Waals surface area contributed by atoms with Gasteiger partial charge in [-0.15, -0.1) is 0 Å². The van der Waals surface area contributed by atoms with E-state index in [2.05, 4.69) is 15.4 Å². The Balaban J connectivity index is 1.45. The molecule has 0 saturated carbocycles. The molecule has 7 heteroatoms. The van der Waals surface area contributed by atoms with E-state index in [-0.39, 0.29) is 18.5 Å². The van der Waals surface area contributed by atoms with Gasteiger partial charge in [-0.05, 0) is 26.8 Å². The van der Waals surface area contributed by atoms with Crippen molar-refractivity contribution in [3.63, 3.8) is 0 Å². The minimum Gasteiger partial charge on any atom is -0.439 e. The van der Waals surface area contributed by atoms with Gasteiger partial charge in [0.2, 0.25) is 5.89 Å². The van der Waals surface area contributed by atoms with Crippen molar-refractivity contribution in [3.8, 4) is 22.6 Å². The van der Waals surface area contributed by atoms with E-state index < -0.39 is 0 Å². The van der Waals surface area contributed by atoms with E-state index in [0.29, 0.717) is 28.2 Å². The number of rotatable bonds is 6. The zero-order valence-electron chi connectivity index (χ0n) is 19.3. The minimum atomic E-state index is -0.233. The van der Waals surface area contributed by atoms with Crippen LogP contribution in [0.3, 0.4) is 0 Å². The molecule has 5 aromatic rings. The second-order valence-corrected chi connectivity index (χ2v) is 8.51. The first-order valence-electron chi connectivity index (χ1n) is 11.2. The molecule has 5 rings (SSSR count). The van der Waals surface area contributed by atoms with Crippen molar-refractivity contribution in [3.05, 3.63) is 90.1 Å². The molecule has 3 aromatic heterocycles. The molecule has 0 saturated heterocycles. The number of oxazole rings is 1. The van der Waals surface area contributed by atoms with E-state index >= 15 is 0 Å². The summed E-state index contributed by atoms with van der Waals surface area (Å²) in [6, 6.07) is 19.8. The fourth-order valence-corrected chi connectivity index (χ4v) is 3.83. The van der Waals surface area contributed by atoms with Gasteiger partial charge < -0.3 is 9.73 Å². The molecule has 3 heterocycles. The standard InChI is InChI=1S/C27H25N5O2/c1-17(2)32-26-22(14-30-32)21(13-23(31-26)19-11-9-18(3)10-12-19)27(33)29-16-25-28-15-24(34-25)20-7-5-4-6-8-20/h4-15,17H,16H2,1-3H3,(H,29,33). The third-order valence-corrected chi connectivity index (χ3v) is 5.66. The Morgan fingerprint density at radius 2 is 1.79 bits per heavy atom. The number of carbonyl (C=O) groups is 1. The Kier molecular flexibility index (Phi) is 5.67. The van der Waals surface area contributed by atoms with Crippen LogP contribution in [0.5, 0.6) is 0 Å². The number of hydrogen-bond donors (Lipinski definition) is 1. The van der Waals surface area contributed by atoms with E-state index in [9.17, 15) is 4.79 Å². The highest BCUT2D eigenvalue weighted by molar-refractivity contribution is 6.06. The fraction of sp³-hybridized carbons (Fsp3) is 0.185. The summed E-state index contributed by atoms with van der Waals surface area (Å²) in [6.07, 6.45) is 3.37. The number of pyridine rings is 1. The lowest BCUT2D eigenvalue weighted by Gasteiger charge is -2.11. The van der Waals surface area contributed by atoms with Crippen molar-refractivity contribution >= 4 is 16.9 Å². The van der Waals surface area contributed by atoms with Crippen molar-refractivity contribution in [2.45, 2.75) is 33.4 Å². The zero-order chi connectivity index (χ0) is 23.7. The van der Waals surface area contributed by atoms with Gasteiger partial charge >= 0.3 is 0 Å². The maximum atomic E-state index is 13.3. The molecule has 0 aliphatic rings. The predicted octanol–water partition coefficient (Wildman–Crippen LogP) is 5.57. The van der Waals surface area contributed by atoms with Crippen LogP contribution in [0.1, 0.15) is 41.7 Å². The fourth-order valence-electron chi connectivity index (χ4n) is 3.83. The molecule has 0 fully saturated rings. The van der Waals surface area contributed by atoms with Gasteiger partial charge in [0.05, 0.1) is 35.6 Å². The SMILES string of the molecule is Cc1ccc(-c2cc(C(=O)NCc3ncc(-c4ccccc4)o3)c3cnn(C(C)C)c3n2)cc1. The van der Waals surface area contributed by atoms with Crippen LogP contribution in [0.15, 0.2) is 77.5 Å². The highest BCUT2D eigenvalue weighted by Crippen LogP contribution is 2.27. The molecule has 1 amide bonds. The third-order valence-electron chi connectivity index (χ3n) is 5.66. The van der Waals surface area contributed by atoms with E-state index in [1.807, 2.05) is 86.1 Å². The number of nitrogens with one attached hydrogen (secondary N) is 1. The highest BCUT2D eigenvalue weighted by atomic mass is 16.4. The highest BCUT2D eigenvalue weighted by Gasteiger charge is 2.19. The third kappa shape index (κ3) is 4.20. The molecule has 0 aliphatic carbocycles. The summed E-state index contributed by atoms with van der Waals surface area (Å²) in [5, 5.41) is 8.13. The van der Waals surface area contributed by atoms with Crippen LogP contribution in [0.4, 0.5) is 0 Å². The molecular formula is C27H25N5O2. The van der Waals surface area contributed by atoms with Gasteiger partial charge in [0, 0.05) is 17.2 Å². The monoisotopic (exact) mass is 451 g/mol. The van der Waals surface area contributed by atoms with Gasteiger partial charge in [0.1, 0.15) is 0 Å². The Bertz CT molecular complexity index is 1450. The Morgan fingerprint density at radius 1 is 1.03 bits per heavy atom. The first-order valence-corrected chi connectivity index (χ1v) is 11.2. The lowest BCUT2D eigenvalue weighted by atomic mass is 10.1. The van der Waals surface area contributed by atoms with Crippen molar-refractivity contribution in [2.75, 3.05) is 0 Å². The van der Waals surface area contributed by atoms with Gasteiger partial charge in [0.25, 0.3) is 5.91 Å². The van der Waals surface area contributed by atoms with Gasteiger partial charge in [-0.3, -0.25) is 4.79 Å². The van der Waals surface area contributed by atoms with E-state index in [1.54, 1.807) is 12.4 Å². The van der Waals surface area contributed by atoms with Crippen LogP contribution >= 0.6 is 0 Å². The van der Waals surface area contributed by atoms with Crippen LogP contribution in [0.2, 0.25) is 0 Å². The number of benzene rings is 2. The summed E-state index contributed by atoms with van der Waals surface area (Å²) < 4.78 is 7.67. The number of carbonyl (C=O) groups excluding carboxylic acids is 1. The van der Waals surface area contributed by atoms with Crippen molar-refractivity contribution in [1.29, 1.82) is 0 Å². The Labute approximate surface area is 197 Å². The number of nitrogens with zero attached hydrogens (tertiary/aromatic N) is 4. The van der Waals surface area contributed by atoms with Crippen molar-refractivity contribution < 1.29 is 9.21 Å². The van der Waals surface area contributed by atoms with E-state index in [4.69, 9.17) is 9.40 Å². The molecular weight excluding hydrogens is 426 g/mol. The maximum absolute atomic E-state index is 13.3. The number of aromatic nitrogens is 4. The van der Waals surface area contributed by atoms with Crippen LogP contribution in [-0.4, -0.2) is 25.7 Å². The van der Waals surface area contributed by atoms with Crippen molar-refractivity contribution in [2.24, 2.45) is 0 Å². The van der Waals surface area contributed by atoms with Crippen LogP contribution in [-0.2, 0) is 6.54 Å². The minimum absolute atomic E-state index is 0.109. The molecule has 1 N–H and O–H groups in total. The molecule has 0 radical (unpaired) electrons. The maximum Gasteiger partial charge on any atom is 0.252 e. The van der Waals surface area contributed by atoms with E-state index in [1.165, 1.54) is 0 Å². The number of hydrogen-bond acceptors (Lipinski definition) is 5. The lowest BCUT2D eigenvalue weighted by molar-refractivity contribution is 0.0949. The second-order valence-electron chi connectivity index (χ2n) is 8.51.